The van der Waals surface area contributed by atoms with Crippen LogP contribution in [0.15, 0.2) is 0 Å². The number of nitrogens with one attached hydrogen (secondary N) is 1. The quantitative estimate of drug-likeness (QED) is 0.687. The highest BCUT2D eigenvalue weighted by Crippen LogP contribution is 2.28. The van der Waals surface area contributed by atoms with Gasteiger partial charge in [-0.3, -0.25) is 0 Å². The number of urea groups is 1. The third-order valence-corrected chi connectivity index (χ3v) is 3.15. The van der Waals surface area contributed by atoms with E-state index in [1.54, 1.807) is 0 Å². The molecule has 0 aromatic carbocycles. The largest absolute Gasteiger partial charge is 0.336 e. The zero-order valence-corrected chi connectivity index (χ0v) is 10.2. The summed E-state index contributed by atoms with van der Waals surface area (Å²) in [4.78, 5) is 13.5. The molecule has 1 unspecified atom stereocenters. The first-order valence-electron chi connectivity index (χ1n) is 5.64. The van der Waals surface area contributed by atoms with E-state index in [1.807, 2.05) is 18.7 Å². The Labute approximate surface area is 92.2 Å². The fourth-order valence-electron chi connectivity index (χ4n) is 1.71. The average Bonchev–Trinajstić information content (AvgIpc) is 2.08. The number of likely N-dealkylation sites (tertiary alicyclic amines) is 1. The first kappa shape index (κ1) is 12.3. The van der Waals surface area contributed by atoms with E-state index in [-0.39, 0.29) is 23.5 Å². The lowest BCUT2D eigenvalue weighted by atomic mass is 9.79. The topological polar surface area (TPSA) is 58.4 Å². The van der Waals surface area contributed by atoms with Crippen LogP contribution in [0.1, 0.15) is 34.1 Å². The highest BCUT2D eigenvalue weighted by atomic mass is 16.2. The molecule has 1 aliphatic rings. The van der Waals surface area contributed by atoms with Crippen LogP contribution < -0.4 is 11.1 Å². The summed E-state index contributed by atoms with van der Waals surface area (Å²) in [6.45, 7) is 9.72. The Morgan fingerprint density at radius 2 is 2.13 bits per heavy atom. The highest BCUT2D eigenvalue weighted by molar-refractivity contribution is 5.74. The molecule has 2 amide bonds. The lowest BCUT2D eigenvalue weighted by molar-refractivity contribution is 0.118. The Bertz CT molecular complexity index is 238. The smallest absolute Gasteiger partial charge is 0.317 e. The maximum absolute atomic E-state index is 11.7. The molecule has 0 spiro atoms. The summed E-state index contributed by atoms with van der Waals surface area (Å²) in [6.07, 6.45) is 0.972. The summed E-state index contributed by atoms with van der Waals surface area (Å²) < 4.78 is 0. The van der Waals surface area contributed by atoms with Crippen LogP contribution in [0.2, 0.25) is 0 Å². The van der Waals surface area contributed by atoms with Crippen LogP contribution in [0.3, 0.4) is 0 Å². The number of nitrogens with zero attached hydrogens (tertiary/aromatic N) is 1. The van der Waals surface area contributed by atoms with E-state index < -0.39 is 0 Å². The van der Waals surface area contributed by atoms with Gasteiger partial charge in [-0.1, -0.05) is 13.8 Å². The Kier molecular flexibility index (Phi) is 3.60. The minimum atomic E-state index is 0.0101. The van der Waals surface area contributed by atoms with Crippen LogP contribution in [0.5, 0.6) is 0 Å². The van der Waals surface area contributed by atoms with Gasteiger partial charge in [-0.25, -0.2) is 4.79 Å². The van der Waals surface area contributed by atoms with Gasteiger partial charge >= 0.3 is 6.03 Å². The fraction of sp³-hybridized carbons (Fsp3) is 0.909. The second-order valence-corrected chi connectivity index (χ2v) is 5.40. The second-order valence-electron chi connectivity index (χ2n) is 5.40. The first-order valence-corrected chi connectivity index (χ1v) is 5.64. The van der Waals surface area contributed by atoms with Gasteiger partial charge in [0.15, 0.2) is 0 Å². The van der Waals surface area contributed by atoms with E-state index in [1.165, 1.54) is 0 Å². The van der Waals surface area contributed by atoms with Crippen LogP contribution >= 0.6 is 0 Å². The Morgan fingerprint density at radius 3 is 2.60 bits per heavy atom. The number of nitrogens with two attached hydrogens (primary N) is 1. The Hall–Kier alpha value is -0.770. The minimum absolute atomic E-state index is 0.0101. The van der Waals surface area contributed by atoms with Crippen molar-refractivity contribution in [1.82, 2.24) is 10.2 Å². The molecule has 0 aliphatic carbocycles. The molecule has 1 rings (SSSR count). The molecule has 88 valence electrons. The first-order chi connectivity index (χ1) is 6.83. The normalized spacial score (nSPS) is 25.5. The van der Waals surface area contributed by atoms with Gasteiger partial charge < -0.3 is 16.0 Å². The van der Waals surface area contributed by atoms with Crippen molar-refractivity contribution in [2.45, 2.75) is 46.2 Å². The molecule has 3 N–H and O–H groups in total. The van der Waals surface area contributed by atoms with Crippen LogP contribution in [-0.2, 0) is 0 Å². The van der Waals surface area contributed by atoms with Gasteiger partial charge in [-0.2, -0.15) is 0 Å². The average molecular weight is 213 g/mol. The van der Waals surface area contributed by atoms with Gasteiger partial charge in [0.05, 0.1) is 0 Å². The number of hydrogen-bond acceptors (Lipinski definition) is 2. The molecular formula is C11H23N3O. The van der Waals surface area contributed by atoms with Crippen molar-refractivity contribution < 1.29 is 4.79 Å². The molecule has 4 heteroatoms. The second kappa shape index (κ2) is 4.39. The van der Waals surface area contributed by atoms with Crippen LogP contribution in [-0.4, -0.2) is 36.1 Å². The summed E-state index contributed by atoms with van der Waals surface area (Å²) in [5, 5.41) is 2.89. The molecule has 15 heavy (non-hydrogen) atoms. The maximum atomic E-state index is 11.7. The SMILES string of the molecule is CC(C)NC(=O)N1CCC(C)(C)C(N)C1. The molecule has 1 aliphatic heterocycles. The standard InChI is InChI=1S/C11H23N3O/c1-8(2)13-10(15)14-6-5-11(3,4)9(12)7-14/h8-9H,5-7,12H2,1-4H3,(H,13,15). The van der Waals surface area contributed by atoms with Crippen molar-refractivity contribution in [2.24, 2.45) is 11.1 Å². The Morgan fingerprint density at radius 1 is 1.53 bits per heavy atom. The molecule has 1 fully saturated rings. The third kappa shape index (κ3) is 3.09. The lowest BCUT2D eigenvalue weighted by Crippen LogP contribution is -2.57. The highest BCUT2D eigenvalue weighted by Gasteiger charge is 2.34. The third-order valence-electron chi connectivity index (χ3n) is 3.15. The number of amides is 2. The van der Waals surface area contributed by atoms with Crippen molar-refractivity contribution in [3.05, 3.63) is 0 Å². The van der Waals surface area contributed by atoms with E-state index in [0.717, 1.165) is 13.0 Å². The van der Waals surface area contributed by atoms with Crippen molar-refractivity contribution in [3.63, 3.8) is 0 Å². The maximum Gasteiger partial charge on any atom is 0.317 e. The van der Waals surface area contributed by atoms with Gasteiger partial charge in [0.25, 0.3) is 0 Å². The fourth-order valence-corrected chi connectivity index (χ4v) is 1.71. The number of carbonyl (C=O) groups is 1. The number of carbonyl (C=O) groups excluding carboxylic acids is 1. The van der Waals surface area contributed by atoms with Crippen LogP contribution in [0.25, 0.3) is 0 Å². The van der Waals surface area contributed by atoms with Crippen LogP contribution in [0.4, 0.5) is 4.79 Å². The molecule has 1 atom stereocenters. The van der Waals surface area contributed by atoms with Gasteiger partial charge in [0.2, 0.25) is 0 Å². The van der Waals surface area contributed by atoms with E-state index >= 15 is 0 Å². The predicted molar refractivity (Wildman–Crippen MR) is 61.6 cm³/mol. The van der Waals surface area contributed by atoms with Gasteiger partial charge in [0.1, 0.15) is 0 Å². The summed E-state index contributed by atoms with van der Waals surface area (Å²) >= 11 is 0. The molecule has 1 heterocycles. The monoisotopic (exact) mass is 213 g/mol. The minimum Gasteiger partial charge on any atom is -0.336 e. The number of piperidine rings is 1. The molecule has 0 radical (unpaired) electrons. The number of rotatable bonds is 1. The summed E-state index contributed by atoms with van der Waals surface area (Å²) in [6, 6.07) is 0.267. The number of hydrogen-bond donors (Lipinski definition) is 2. The molecule has 4 nitrogen and oxygen atoms in total. The lowest BCUT2D eigenvalue weighted by Gasteiger charge is -2.42. The summed E-state index contributed by atoms with van der Waals surface area (Å²) in [5.74, 6) is 0. The molecule has 1 saturated heterocycles. The Balaban J connectivity index is 2.51. The van der Waals surface area contributed by atoms with E-state index in [0.29, 0.717) is 6.54 Å². The van der Waals surface area contributed by atoms with Gasteiger partial charge in [0, 0.05) is 25.2 Å². The molecule has 0 aromatic heterocycles. The molecular weight excluding hydrogens is 190 g/mol. The van der Waals surface area contributed by atoms with Crippen molar-refractivity contribution >= 4 is 6.03 Å². The zero-order valence-electron chi connectivity index (χ0n) is 10.2. The van der Waals surface area contributed by atoms with Crippen molar-refractivity contribution in [3.8, 4) is 0 Å². The van der Waals surface area contributed by atoms with E-state index in [4.69, 9.17) is 5.73 Å². The molecule has 0 aromatic rings. The van der Waals surface area contributed by atoms with Crippen molar-refractivity contribution in [2.75, 3.05) is 13.1 Å². The molecule has 0 saturated carbocycles. The zero-order chi connectivity index (χ0) is 11.6. The molecule has 0 bridgehead atoms. The van der Waals surface area contributed by atoms with Crippen molar-refractivity contribution in [1.29, 1.82) is 0 Å². The summed E-state index contributed by atoms with van der Waals surface area (Å²) in [5.41, 5.74) is 6.20. The summed E-state index contributed by atoms with van der Waals surface area (Å²) in [7, 11) is 0. The van der Waals surface area contributed by atoms with E-state index in [2.05, 4.69) is 19.2 Å². The van der Waals surface area contributed by atoms with Gasteiger partial charge in [-0.05, 0) is 25.7 Å². The van der Waals surface area contributed by atoms with E-state index in [9.17, 15) is 4.79 Å². The predicted octanol–water partition coefficient (Wildman–Crippen LogP) is 1.16. The van der Waals surface area contributed by atoms with Gasteiger partial charge in [-0.15, -0.1) is 0 Å². The van der Waals surface area contributed by atoms with Crippen LogP contribution in [0, 0.1) is 5.41 Å².